The lowest BCUT2D eigenvalue weighted by Crippen LogP contribution is -2.56. The summed E-state index contributed by atoms with van der Waals surface area (Å²) >= 11 is 0. The van der Waals surface area contributed by atoms with Crippen LogP contribution in [0.15, 0.2) is 41.7 Å². The molecule has 2 unspecified atom stereocenters. The van der Waals surface area contributed by atoms with E-state index in [0.29, 0.717) is 24.6 Å². The number of piperazine rings is 1. The molecule has 1 amide bonds. The number of imidazole rings is 1. The van der Waals surface area contributed by atoms with Gasteiger partial charge in [-0.15, -0.1) is 0 Å². The minimum atomic E-state index is -3.52. The van der Waals surface area contributed by atoms with Crippen LogP contribution in [0.3, 0.4) is 0 Å². The predicted octanol–water partition coefficient (Wildman–Crippen LogP) is 3.21. The molecule has 186 valence electrons. The van der Waals surface area contributed by atoms with Crippen LogP contribution in [-0.2, 0) is 14.6 Å². The smallest absolute Gasteiger partial charge is 0.410 e. The van der Waals surface area contributed by atoms with Crippen molar-refractivity contribution in [1.82, 2.24) is 19.3 Å². The van der Waals surface area contributed by atoms with E-state index >= 15 is 0 Å². The number of anilines is 3. The zero-order chi connectivity index (χ0) is 24.9. The Morgan fingerprint density at radius 2 is 1.91 bits per heavy atom. The van der Waals surface area contributed by atoms with Crippen LogP contribution in [0.5, 0.6) is 0 Å². The monoisotopic (exact) mass is 502 g/mol. The number of hydrogen-bond acceptors (Lipinski definition) is 8. The third kappa shape index (κ3) is 4.38. The molecular formula is C23H27FN6O4S. The average molecular weight is 503 g/mol. The Bertz CT molecular complexity index is 1380. The number of aromatic nitrogens is 3. The van der Waals surface area contributed by atoms with Crippen LogP contribution < -0.4 is 10.2 Å². The van der Waals surface area contributed by atoms with Crippen molar-refractivity contribution in [1.29, 1.82) is 0 Å². The number of hydrogen-bond donors (Lipinski definition) is 1. The van der Waals surface area contributed by atoms with Gasteiger partial charge in [0, 0.05) is 43.8 Å². The van der Waals surface area contributed by atoms with Gasteiger partial charge in [-0.3, -0.25) is 4.40 Å². The standard InChI is InChI=1S/C23H27FN6O4S/c1-14(2)34-23(31)28-12-15-4-5-16(13-28)30(15)20-11-26-22-21(25-8-9-29(20)22)27-19-7-6-17(10-18(19)24)35(3,32)33/h6-11,14-16H,4-5,12-13H2,1-3H3,(H,25,27). The fourth-order valence-corrected chi connectivity index (χ4v) is 5.48. The van der Waals surface area contributed by atoms with Crippen molar-refractivity contribution in [3.63, 3.8) is 0 Å². The van der Waals surface area contributed by atoms with Gasteiger partial charge in [0.05, 0.1) is 22.9 Å². The maximum atomic E-state index is 14.6. The molecule has 4 heterocycles. The number of carbonyl (C=O) groups excluding carboxylic acids is 1. The van der Waals surface area contributed by atoms with Gasteiger partial charge in [0.15, 0.2) is 21.3 Å². The number of rotatable bonds is 5. The van der Waals surface area contributed by atoms with Gasteiger partial charge >= 0.3 is 6.09 Å². The summed E-state index contributed by atoms with van der Waals surface area (Å²) in [6.07, 6.45) is 7.65. The fourth-order valence-electron chi connectivity index (χ4n) is 4.84. The van der Waals surface area contributed by atoms with Gasteiger partial charge in [0.25, 0.3) is 0 Å². The predicted molar refractivity (Wildman–Crippen MR) is 128 cm³/mol. The molecule has 0 spiro atoms. The summed E-state index contributed by atoms with van der Waals surface area (Å²) in [5.41, 5.74) is 0.607. The number of amides is 1. The second-order valence-corrected chi connectivity index (χ2v) is 11.3. The minimum Gasteiger partial charge on any atom is -0.447 e. The van der Waals surface area contributed by atoms with Gasteiger partial charge < -0.3 is 19.9 Å². The van der Waals surface area contributed by atoms with Crippen molar-refractivity contribution < 1.29 is 22.3 Å². The Morgan fingerprint density at radius 1 is 1.20 bits per heavy atom. The summed E-state index contributed by atoms with van der Waals surface area (Å²) in [6.45, 7) is 4.83. The number of carbonyl (C=O) groups is 1. The van der Waals surface area contributed by atoms with Crippen molar-refractivity contribution in [2.24, 2.45) is 0 Å². The first-order valence-electron chi connectivity index (χ1n) is 11.4. The molecule has 35 heavy (non-hydrogen) atoms. The van der Waals surface area contributed by atoms with E-state index in [4.69, 9.17) is 4.74 Å². The van der Waals surface area contributed by atoms with Gasteiger partial charge in [-0.1, -0.05) is 0 Å². The highest BCUT2D eigenvalue weighted by Gasteiger charge is 2.43. The first-order chi connectivity index (χ1) is 16.6. The summed E-state index contributed by atoms with van der Waals surface area (Å²) in [6, 6.07) is 3.98. The summed E-state index contributed by atoms with van der Waals surface area (Å²) < 4.78 is 45.3. The van der Waals surface area contributed by atoms with Gasteiger partial charge in [0.2, 0.25) is 0 Å². The van der Waals surface area contributed by atoms with Gasteiger partial charge in [-0.2, -0.15) is 0 Å². The third-order valence-electron chi connectivity index (χ3n) is 6.37. The molecule has 3 aromatic rings. The largest absolute Gasteiger partial charge is 0.447 e. The molecule has 2 atom stereocenters. The van der Waals surface area contributed by atoms with Crippen LogP contribution in [0.2, 0.25) is 0 Å². The molecule has 2 aliphatic rings. The van der Waals surface area contributed by atoms with E-state index in [-0.39, 0.29) is 34.9 Å². The molecule has 2 fully saturated rings. The van der Waals surface area contributed by atoms with Gasteiger partial charge in [-0.25, -0.2) is 27.6 Å². The van der Waals surface area contributed by atoms with E-state index in [2.05, 4.69) is 20.2 Å². The van der Waals surface area contributed by atoms with Crippen LogP contribution in [0.4, 0.5) is 26.5 Å². The van der Waals surface area contributed by atoms with E-state index in [0.717, 1.165) is 31.0 Å². The molecule has 2 bridgehead atoms. The Balaban J connectivity index is 1.41. The number of likely N-dealkylation sites (tertiary alicyclic amines) is 1. The quantitative estimate of drug-likeness (QED) is 0.567. The number of ether oxygens (including phenoxy) is 1. The molecule has 0 aliphatic carbocycles. The number of nitrogens with zero attached hydrogens (tertiary/aromatic N) is 5. The van der Waals surface area contributed by atoms with Crippen LogP contribution in [-0.4, -0.2) is 71.3 Å². The van der Waals surface area contributed by atoms with Crippen LogP contribution in [0.25, 0.3) is 5.65 Å². The molecule has 0 saturated carbocycles. The van der Waals surface area contributed by atoms with Crippen molar-refractivity contribution in [3.05, 3.63) is 42.6 Å². The lowest BCUT2D eigenvalue weighted by Gasteiger charge is -2.41. The minimum absolute atomic E-state index is 0.0956. The van der Waals surface area contributed by atoms with Crippen molar-refractivity contribution in [2.45, 2.75) is 49.8 Å². The second kappa shape index (κ2) is 8.67. The molecule has 0 radical (unpaired) electrons. The number of sulfone groups is 1. The number of nitrogens with one attached hydrogen (secondary N) is 1. The zero-order valence-corrected chi connectivity index (χ0v) is 20.5. The SMILES string of the molecule is CC(C)OC(=O)N1CC2CCC(C1)N2c1cnc2c(Nc3ccc(S(C)(=O)=O)cc3F)nccn12. The summed E-state index contributed by atoms with van der Waals surface area (Å²) in [5, 5.41) is 2.94. The Labute approximate surface area is 202 Å². The van der Waals surface area contributed by atoms with E-state index in [1.54, 1.807) is 23.5 Å². The Hall–Kier alpha value is -3.41. The first-order valence-corrected chi connectivity index (χ1v) is 13.3. The molecule has 10 nitrogen and oxygen atoms in total. The summed E-state index contributed by atoms with van der Waals surface area (Å²) in [4.78, 5) is 25.3. The van der Waals surface area contributed by atoms with Crippen LogP contribution in [0.1, 0.15) is 26.7 Å². The topological polar surface area (TPSA) is 109 Å². The second-order valence-electron chi connectivity index (χ2n) is 9.25. The average Bonchev–Trinajstić information content (AvgIpc) is 3.31. The highest BCUT2D eigenvalue weighted by atomic mass is 32.2. The number of halogens is 1. The Kier molecular flexibility index (Phi) is 5.78. The molecular weight excluding hydrogens is 475 g/mol. The summed E-state index contributed by atoms with van der Waals surface area (Å²) in [7, 11) is -3.52. The van der Waals surface area contributed by atoms with Gasteiger partial charge in [0.1, 0.15) is 11.6 Å². The molecule has 1 N–H and O–H groups in total. The maximum absolute atomic E-state index is 14.6. The normalized spacial score (nSPS) is 20.0. The summed E-state index contributed by atoms with van der Waals surface area (Å²) in [5.74, 6) is 0.518. The highest BCUT2D eigenvalue weighted by Crippen LogP contribution is 2.36. The van der Waals surface area contributed by atoms with E-state index in [9.17, 15) is 17.6 Å². The van der Waals surface area contributed by atoms with E-state index in [1.165, 1.54) is 12.1 Å². The molecule has 2 aliphatic heterocycles. The van der Waals surface area contributed by atoms with E-state index < -0.39 is 15.7 Å². The molecule has 5 rings (SSSR count). The number of benzene rings is 1. The maximum Gasteiger partial charge on any atom is 0.410 e. The van der Waals surface area contributed by atoms with Gasteiger partial charge in [-0.05, 0) is 44.9 Å². The molecule has 2 aromatic heterocycles. The fraction of sp³-hybridized carbons (Fsp3) is 0.435. The van der Waals surface area contributed by atoms with Crippen LogP contribution >= 0.6 is 0 Å². The van der Waals surface area contributed by atoms with Crippen LogP contribution in [0, 0.1) is 5.82 Å². The first kappa shape index (κ1) is 23.3. The lowest BCUT2D eigenvalue weighted by atomic mass is 10.2. The zero-order valence-electron chi connectivity index (χ0n) is 19.7. The van der Waals surface area contributed by atoms with Crippen molar-refractivity contribution >= 4 is 38.9 Å². The van der Waals surface area contributed by atoms with E-state index in [1.807, 2.05) is 18.2 Å². The highest BCUT2D eigenvalue weighted by molar-refractivity contribution is 7.90. The van der Waals surface area contributed by atoms with Crippen molar-refractivity contribution in [3.8, 4) is 0 Å². The van der Waals surface area contributed by atoms with Crippen molar-refractivity contribution in [2.75, 3.05) is 29.6 Å². The Morgan fingerprint density at radius 3 is 2.54 bits per heavy atom. The lowest BCUT2D eigenvalue weighted by molar-refractivity contribution is 0.0699. The molecule has 1 aromatic carbocycles. The molecule has 12 heteroatoms. The number of fused-ring (bicyclic) bond motifs is 3. The molecule has 2 saturated heterocycles. The third-order valence-corrected chi connectivity index (χ3v) is 7.48.